The van der Waals surface area contributed by atoms with Crippen LogP contribution < -0.4 is 50.7 Å². The lowest BCUT2D eigenvalue weighted by Crippen LogP contribution is -2.63. The van der Waals surface area contributed by atoms with Crippen molar-refractivity contribution in [3.05, 3.63) is 154 Å². The summed E-state index contributed by atoms with van der Waals surface area (Å²) in [6.07, 6.45) is 0. The van der Waals surface area contributed by atoms with Crippen molar-refractivity contribution in [1.29, 1.82) is 0 Å². The lowest BCUT2D eigenvalue weighted by molar-refractivity contribution is 0.477. The second-order valence-electron chi connectivity index (χ2n) is 25.2. The number of thiophene rings is 2. The second-order valence-corrected chi connectivity index (χ2v) is 27.4. The van der Waals surface area contributed by atoms with Crippen molar-refractivity contribution in [2.75, 3.05) is 9.80 Å². The van der Waals surface area contributed by atoms with E-state index in [4.69, 9.17) is 21.8 Å². The highest BCUT2D eigenvalue weighted by Crippen LogP contribution is 2.57. The Labute approximate surface area is 460 Å². The van der Waals surface area contributed by atoms with Crippen LogP contribution in [0.3, 0.4) is 0 Å². The smallest absolute Gasteiger partial charge is 0.269 e. The summed E-state index contributed by atoms with van der Waals surface area (Å²) in [5.41, 5.74) is 11.8. The van der Waals surface area contributed by atoms with Crippen molar-refractivity contribution in [1.82, 2.24) is 0 Å². The van der Waals surface area contributed by atoms with E-state index in [1.165, 1.54) is 6.07 Å². The molecule has 0 N–H and O–H groups in total. The zero-order chi connectivity index (χ0) is 59.5. The number of hydrogen-bond acceptors (Lipinski definition) is 6. The van der Waals surface area contributed by atoms with Gasteiger partial charge in [0.25, 0.3) is 13.4 Å². The molecule has 74 heavy (non-hydrogen) atoms. The number of ether oxygens (including phenoxy) is 2. The molecule has 0 amide bonds. The highest BCUT2D eigenvalue weighted by molar-refractivity contribution is 7.34. The summed E-state index contributed by atoms with van der Waals surface area (Å²) in [4.78, 5) is 4.64. The number of rotatable bonds is 2. The van der Waals surface area contributed by atoms with Gasteiger partial charge >= 0.3 is 0 Å². The lowest BCUT2D eigenvalue weighted by atomic mass is 9.33. The average molecular weight is 1010 g/mol. The Morgan fingerprint density at radius 1 is 0.419 bits per heavy atom. The van der Waals surface area contributed by atoms with E-state index in [2.05, 4.69) is 178 Å². The van der Waals surface area contributed by atoms with Gasteiger partial charge in [0.05, 0.1) is 22.7 Å². The van der Waals surface area contributed by atoms with Crippen molar-refractivity contribution in [2.24, 2.45) is 0 Å². The molecule has 370 valence electrons. The van der Waals surface area contributed by atoms with Gasteiger partial charge in [-0.2, -0.15) is 0 Å². The molecule has 0 saturated carbocycles. The number of fused-ring (bicyclic) bond motifs is 14. The monoisotopic (exact) mass is 1010 g/mol. The summed E-state index contributed by atoms with van der Waals surface area (Å²) in [6, 6.07) is 37.6. The summed E-state index contributed by atoms with van der Waals surface area (Å²) >= 11 is 3.35. The van der Waals surface area contributed by atoms with Crippen LogP contribution in [0, 0.1) is 27.5 Å². The topological polar surface area (TPSA) is 24.9 Å². The molecule has 2 aromatic heterocycles. The number of benzene rings is 7. The molecule has 9 aromatic rings. The third-order valence-electron chi connectivity index (χ3n) is 16.1. The third-order valence-corrected chi connectivity index (χ3v) is 18.5. The summed E-state index contributed by atoms with van der Waals surface area (Å²) in [7, 11) is 0. The van der Waals surface area contributed by atoms with Gasteiger partial charge in [-0.3, -0.25) is 0 Å². The molecule has 0 fully saturated rings. The second kappa shape index (κ2) is 15.7. The zero-order valence-corrected chi connectivity index (χ0v) is 46.2. The molecule has 4 aliphatic heterocycles. The van der Waals surface area contributed by atoms with E-state index in [1.54, 1.807) is 28.7 Å². The van der Waals surface area contributed by atoms with Gasteiger partial charge in [-0.05, 0) is 165 Å². The molecule has 6 heterocycles. The van der Waals surface area contributed by atoms with E-state index in [0.717, 1.165) is 85.7 Å². The van der Waals surface area contributed by atoms with Crippen LogP contribution in [-0.2, 0) is 21.7 Å². The van der Waals surface area contributed by atoms with E-state index in [-0.39, 0.29) is 44.1 Å². The minimum atomic E-state index is -2.82. The van der Waals surface area contributed by atoms with Gasteiger partial charge in [0.1, 0.15) is 23.0 Å². The molecule has 0 radical (unpaired) electrons. The molecule has 13 rings (SSSR count). The Balaban J connectivity index is 1.26. The van der Waals surface area contributed by atoms with Crippen molar-refractivity contribution < 1.29 is 21.8 Å². The van der Waals surface area contributed by atoms with Gasteiger partial charge in [-0.25, -0.2) is 0 Å². The predicted molar refractivity (Wildman–Crippen MR) is 323 cm³/mol. The Kier molecular flexibility index (Phi) is 8.13. The fraction of sp³-hybridized carbons (Fsp3) is 0.303. The molecule has 0 unspecified atom stereocenters. The summed E-state index contributed by atoms with van der Waals surface area (Å²) in [6.45, 7) is 19.0. The number of aryl methyl sites for hydroxylation is 4. The van der Waals surface area contributed by atoms with E-state index in [9.17, 15) is 0 Å². The summed E-state index contributed by atoms with van der Waals surface area (Å²) in [5, 5.41) is 2.03. The molecule has 0 atom stereocenters. The van der Waals surface area contributed by atoms with Crippen molar-refractivity contribution in [3.63, 3.8) is 0 Å². The highest BCUT2D eigenvalue weighted by Gasteiger charge is 2.54. The quantitative estimate of drug-likeness (QED) is 0.161. The minimum Gasteiger partial charge on any atom is -0.456 e. The van der Waals surface area contributed by atoms with Crippen molar-refractivity contribution in [3.8, 4) is 23.0 Å². The fourth-order valence-electron chi connectivity index (χ4n) is 11.9. The van der Waals surface area contributed by atoms with Gasteiger partial charge in [0.2, 0.25) is 0 Å². The Bertz CT molecular complexity index is 4240. The van der Waals surface area contributed by atoms with Crippen LogP contribution in [-0.4, -0.2) is 13.4 Å². The van der Waals surface area contributed by atoms with Gasteiger partial charge < -0.3 is 19.3 Å². The predicted octanol–water partition coefficient (Wildman–Crippen LogP) is 15.3. The van der Waals surface area contributed by atoms with E-state index in [1.807, 2.05) is 19.1 Å². The molecule has 0 bridgehead atoms. The minimum absolute atomic E-state index is 0.161. The maximum absolute atomic E-state index is 8.94. The molecule has 7 aromatic carbocycles. The molecule has 4 aliphatic rings. The first-order valence-electron chi connectivity index (χ1n) is 30.4. The fourth-order valence-corrected chi connectivity index (χ4v) is 14.5. The van der Waals surface area contributed by atoms with Gasteiger partial charge in [0.15, 0.2) is 0 Å². The number of nitrogens with zero attached hydrogens (tertiary/aromatic N) is 2. The van der Waals surface area contributed by atoms with Crippen molar-refractivity contribution in [2.45, 2.75) is 132 Å². The highest BCUT2D eigenvalue weighted by atomic mass is 32.1. The molecule has 4 nitrogen and oxygen atoms in total. The maximum atomic E-state index is 8.94. The molecular formula is C66H66B2N2O2S2. The van der Waals surface area contributed by atoms with Crippen LogP contribution in [0.2, 0.25) is 0 Å². The van der Waals surface area contributed by atoms with Gasteiger partial charge in [0, 0.05) is 64.4 Å². The molecule has 0 aliphatic carbocycles. The largest absolute Gasteiger partial charge is 0.456 e. The normalized spacial score (nSPS) is 16.9. The van der Waals surface area contributed by atoms with Gasteiger partial charge in [-0.15, -0.1) is 22.7 Å². The first-order chi connectivity index (χ1) is 38.5. The lowest BCUT2D eigenvalue weighted by Gasteiger charge is -2.46. The maximum Gasteiger partial charge on any atom is 0.269 e. The summed E-state index contributed by atoms with van der Waals surface area (Å²) in [5.74, 6) is 1.83. The van der Waals surface area contributed by atoms with Crippen LogP contribution in [0.25, 0.3) is 20.2 Å². The molecule has 8 heteroatoms. The summed E-state index contributed by atoms with van der Waals surface area (Å²) < 4.78 is 99.6. The Morgan fingerprint density at radius 3 is 1.15 bits per heavy atom. The van der Waals surface area contributed by atoms with E-state index < -0.39 is 34.0 Å². The Hall–Kier alpha value is -6.21. The SMILES string of the molecule is [2H]C([2H])([2H])c1cc2c(cc1C)Oc1c3c(c4c5c1N(c1ccc(C(C)(C)C)cc1)c1c(sc6ccc(C(C)(C)C)cc16)B5c1cc(C([2H])([2H])[2H])c(C([2H])([2H])[2H])cc1O4)N(c1ccc(C(C)(C)C)cc1)c1c(sc4ccc(C(C)(C)C)cc14)B23. The first kappa shape index (κ1) is 38.4. The molecule has 0 saturated heterocycles. The van der Waals surface area contributed by atoms with Crippen molar-refractivity contribution >= 4 is 122 Å². The molecule has 0 spiro atoms. The van der Waals surface area contributed by atoms with Crippen LogP contribution in [0.4, 0.5) is 34.1 Å². The Morgan fingerprint density at radius 2 is 0.770 bits per heavy atom. The number of anilines is 6. The van der Waals surface area contributed by atoms with Crippen LogP contribution in [0.15, 0.2) is 109 Å². The van der Waals surface area contributed by atoms with Gasteiger partial charge in [-0.1, -0.05) is 132 Å². The molecular weight excluding hydrogens is 938 g/mol. The standard InChI is InChI=1S/C66H66B2N2O2S2/c1-35-29-47-49(31-37(35)3)71-59-53-57(69(43-23-17-39(18-24-43)63(5,6)7)55-45-33-41(65(11,12)13)21-27-51(45)73-61(55)67(47)53)60-54-58(59)70(44-25-19-40(20-26-44)64(8,9)10)56-46-34-42(66(14,15)16)22-28-52(46)74-62(56)68(54)48-30-36(2)38(4)32-50(48)72-60/h17-34H,1-16H3/i1D3,2D3,3D3. The van der Waals surface area contributed by atoms with Crippen LogP contribution in [0.1, 0.15) is 140 Å². The van der Waals surface area contributed by atoms with E-state index in [0.29, 0.717) is 45.1 Å². The number of hydrogen-bond donors (Lipinski definition) is 0. The average Bonchev–Trinajstić information content (AvgIpc) is 2.24. The zero-order valence-electron chi connectivity index (χ0n) is 53.6. The van der Waals surface area contributed by atoms with Crippen LogP contribution >= 0.6 is 22.7 Å². The third kappa shape index (κ3) is 6.92. The van der Waals surface area contributed by atoms with E-state index >= 15 is 0 Å². The first-order valence-corrected chi connectivity index (χ1v) is 27.5. The van der Waals surface area contributed by atoms with Crippen LogP contribution in [0.5, 0.6) is 23.0 Å².